The number of fused-ring (bicyclic) bond motifs is 1. The van der Waals surface area contributed by atoms with Crippen LogP contribution in [0, 0.1) is 5.41 Å². The highest BCUT2D eigenvalue weighted by atomic mass is 32.1. The summed E-state index contributed by atoms with van der Waals surface area (Å²) in [6.07, 6.45) is 3.83. The second-order valence-electron chi connectivity index (χ2n) is 5.27. The number of hydrogen-bond donors (Lipinski definition) is 2. The Labute approximate surface area is 116 Å². The molecule has 0 saturated heterocycles. The van der Waals surface area contributed by atoms with Gasteiger partial charge in [-0.15, -0.1) is 0 Å². The first-order valence-corrected chi connectivity index (χ1v) is 7.38. The van der Waals surface area contributed by atoms with E-state index in [9.17, 15) is 4.79 Å². The minimum Gasteiger partial charge on any atom is -0.330 e. The Kier molecular flexibility index (Phi) is 3.24. The number of nitrogens with zero attached hydrogens (tertiary/aromatic N) is 1. The Morgan fingerprint density at radius 1 is 1.42 bits per heavy atom. The molecule has 2 aromatic rings. The van der Waals surface area contributed by atoms with Crippen molar-refractivity contribution in [3.63, 3.8) is 0 Å². The minimum atomic E-state index is 0.0317. The normalized spacial score (nSPS) is 17.1. The Bertz CT molecular complexity index is 565. The summed E-state index contributed by atoms with van der Waals surface area (Å²) in [7, 11) is 0. The van der Waals surface area contributed by atoms with Gasteiger partial charge in [-0.25, -0.2) is 4.98 Å². The number of rotatable bonds is 4. The molecule has 0 unspecified atom stereocenters. The zero-order valence-electron chi connectivity index (χ0n) is 10.7. The standard InChI is InChI=1S/C14H17N3OS/c15-9-14(6-3-7-14)8-12(18)17-13-16-10-4-1-2-5-11(10)19-13/h1-2,4-5H,3,6-9,15H2,(H,16,17,18). The summed E-state index contributed by atoms with van der Waals surface area (Å²) >= 11 is 1.51. The molecule has 0 atom stereocenters. The first-order valence-electron chi connectivity index (χ1n) is 6.56. The summed E-state index contributed by atoms with van der Waals surface area (Å²) in [6.45, 7) is 0.597. The molecule has 5 heteroatoms. The molecule has 1 fully saturated rings. The minimum absolute atomic E-state index is 0.0317. The third-order valence-electron chi connectivity index (χ3n) is 3.92. The molecule has 1 amide bonds. The first kappa shape index (κ1) is 12.6. The highest BCUT2D eigenvalue weighted by molar-refractivity contribution is 7.22. The molecule has 3 rings (SSSR count). The second-order valence-corrected chi connectivity index (χ2v) is 6.30. The van der Waals surface area contributed by atoms with Crippen molar-refractivity contribution in [1.29, 1.82) is 0 Å². The number of hydrogen-bond acceptors (Lipinski definition) is 4. The summed E-state index contributed by atoms with van der Waals surface area (Å²) < 4.78 is 1.09. The number of anilines is 1. The number of amides is 1. The van der Waals surface area contributed by atoms with Crippen LogP contribution in [0.3, 0.4) is 0 Å². The highest BCUT2D eigenvalue weighted by Crippen LogP contribution is 2.43. The lowest BCUT2D eigenvalue weighted by Gasteiger charge is -2.40. The molecule has 100 valence electrons. The average molecular weight is 275 g/mol. The lowest BCUT2D eigenvalue weighted by atomic mass is 9.66. The molecule has 0 aliphatic heterocycles. The van der Waals surface area contributed by atoms with Gasteiger partial charge in [0.25, 0.3) is 0 Å². The smallest absolute Gasteiger partial charge is 0.226 e. The molecule has 1 saturated carbocycles. The van der Waals surface area contributed by atoms with E-state index in [1.807, 2.05) is 24.3 Å². The number of benzene rings is 1. The van der Waals surface area contributed by atoms with Crippen LogP contribution in [0.5, 0.6) is 0 Å². The van der Waals surface area contributed by atoms with Crippen LogP contribution in [-0.4, -0.2) is 17.4 Å². The van der Waals surface area contributed by atoms with Gasteiger partial charge in [0.2, 0.25) is 5.91 Å². The van der Waals surface area contributed by atoms with Gasteiger partial charge in [0.15, 0.2) is 5.13 Å². The van der Waals surface area contributed by atoms with Gasteiger partial charge in [0, 0.05) is 6.42 Å². The number of thiazole rings is 1. The van der Waals surface area contributed by atoms with Crippen LogP contribution in [0.4, 0.5) is 5.13 Å². The predicted octanol–water partition coefficient (Wildman–Crippen LogP) is 2.75. The molecule has 3 N–H and O–H groups in total. The molecule has 4 nitrogen and oxygen atoms in total. The number of nitrogens with two attached hydrogens (primary N) is 1. The summed E-state index contributed by atoms with van der Waals surface area (Å²) in [4.78, 5) is 16.5. The fraction of sp³-hybridized carbons (Fsp3) is 0.429. The molecule has 1 aliphatic carbocycles. The van der Waals surface area contributed by atoms with Gasteiger partial charge in [-0.2, -0.15) is 0 Å². The lowest BCUT2D eigenvalue weighted by molar-refractivity contribution is -0.119. The van der Waals surface area contributed by atoms with Crippen LogP contribution in [0.1, 0.15) is 25.7 Å². The third kappa shape index (κ3) is 2.48. The van der Waals surface area contributed by atoms with E-state index in [1.54, 1.807) is 0 Å². The van der Waals surface area contributed by atoms with E-state index < -0.39 is 0 Å². The lowest BCUT2D eigenvalue weighted by Crippen LogP contribution is -2.40. The fourth-order valence-corrected chi connectivity index (χ4v) is 3.44. The molecule has 1 aromatic carbocycles. The van der Waals surface area contributed by atoms with Crippen LogP contribution < -0.4 is 11.1 Å². The Hall–Kier alpha value is -1.46. The first-order chi connectivity index (χ1) is 9.21. The molecular weight excluding hydrogens is 258 g/mol. The van der Waals surface area contributed by atoms with Gasteiger partial charge in [-0.05, 0) is 36.9 Å². The van der Waals surface area contributed by atoms with Crippen molar-refractivity contribution >= 4 is 32.6 Å². The van der Waals surface area contributed by atoms with Gasteiger partial charge >= 0.3 is 0 Å². The van der Waals surface area contributed by atoms with E-state index >= 15 is 0 Å². The van der Waals surface area contributed by atoms with Crippen LogP contribution in [0.15, 0.2) is 24.3 Å². The molecule has 0 spiro atoms. The van der Waals surface area contributed by atoms with Crippen molar-refractivity contribution < 1.29 is 4.79 Å². The molecule has 0 radical (unpaired) electrons. The molecule has 0 bridgehead atoms. The zero-order chi connectivity index (χ0) is 13.3. The quantitative estimate of drug-likeness (QED) is 0.901. The van der Waals surface area contributed by atoms with Crippen molar-refractivity contribution in [3.8, 4) is 0 Å². The third-order valence-corrected chi connectivity index (χ3v) is 4.87. The van der Waals surface area contributed by atoms with E-state index in [0.717, 1.165) is 23.1 Å². The van der Waals surface area contributed by atoms with Gasteiger partial charge in [-0.3, -0.25) is 4.79 Å². The maximum atomic E-state index is 12.1. The van der Waals surface area contributed by atoms with Crippen molar-refractivity contribution in [2.75, 3.05) is 11.9 Å². The molecule has 1 aromatic heterocycles. The number of aromatic nitrogens is 1. The van der Waals surface area contributed by atoms with Crippen LogP contribution in [0.25, 0.3) is 10.2 Å². The van der Waals surface area contributed by atoms with Crippen molar-refractivity contribution in [2.24, 2.45) is 11.1 Å². The van der Waals surface area contributed by atoms with E-state index in [1.165, 1.54) is 17.8 Å². The van der Waals surface area contributed by atoms with Gasteiger partial charge in [0.1, 0.15) is 0 Å². The van der Waals surface area contributed by atoms with E-state index in [-0.39, 0.29) is 11.3 Å². The molecular formula is C14H17N3OS. The van der Waals surface area contributed by atoms with Crippen molar-refractivity contribution in [3.05, 3.63) is 24.3 Å². The molecule has 1 heterocycles. The summed E-state index contributed by atoms with van der Waals surface area (Å²) in [6, 6.07) is 7.89. The van der Waals surface area contributed by atoms with Crippen molar-refractivity contribution in [2.45, 2.75) is 25.7 Å². The summed E-state index contributed by atoms with van der Waals surface area (Å²) in [5.74, 6) is 0.0317. The number of carbonyl (C=O) groups excluding carboxylic acids is 1. The number of nitrogens with one attached hydrogen (secondary N) is 1. The number of carbonyl (C=O) groups is 1. The summed E-state index contributed by atoms with van der Waals surface area (Å²) in [5.41, 5.74) is 6.75. The predicted molar refractivity (Wildman–Crippen MR) is 78.2 cm³/mol. The maximum absolute atomic E-state index is 12.1. The molecule has 1 aliphatic rings. The SMILES string of the molecule is NCC1(CC(=O)Nc2nc3ccccc3s2)CCC1. The fourth-order valence-electron chi connectivity index (χ4n) is 2.56. The second kappa shape index (κ2) is 4.90. The Balaban J connectivity index is 1.69. The van der Waals surface area contributed by atoms with Gasteiger partial charge < -0.3 is 11.1 Å². The monoisotopic (exact) mass is 275 g/mol. The average Bonchev–Trinajstić information content (AvgIpc) is 2.75. The largest absolute Gasteiger partial charge is 0.330 e. The zero-order valence-corrected chi connectivity index (χ0v) is 11.5. The van der Waals surface area contributed by atoms with E-state index in [2.05, 4.69) is 10.3 Å². The topological polar surface area (TPSA) is 68.0 Å². The van der Waals surface area contributed by atoms with E-state index in [0.29, 0.717) is 18.1 Å². The Morgan fingerprint density at radius 3 is 2.84 bits per heavy atom. The summed E-state index contributed by atoms with van der Waals surface area (Å²) in [5, 5.41) is 3.58. The van der Waals surface area contributed by atoms with Crippen LogP contribution >= 0.6 is 11.3 Å². The van der Waals surface area contributed by atoms with Crippen molar-refractivity contribution in [1.82, 2.24) is 4.98 Å². The number of para-hydroxylation sites is 1. The Morgan fingerprint density at radius 2 is 2.21 bits per heavy atom. The van der Waals surface area contributed by atoms with Crippen LogP contribution in [-0.2, 0) is 4.79 Å². The highest BCUT2D eigenvalue weighted by Gasteiger charge is 2.37. The molecule has 19 heavy (non-hydrogen) atoms. The van der Waals surface area contributed by atoms with Gasteiger partial charge in [0.05, 0.1) is 10.2 Å². The maximum Gasteiger partial charge on any atom is 0.226 e. The van der Waals surface area contributed by atoms with E-state index in [4.69, 9.17) is 5.73 Å². The van der Waals surface area contributed by atoms with Gasteiger partial charge in [-0.1, -0.05) is 29.9 Å². The van der Waals surface area contributed by atoms with Crippen LogP contribution in [0.2, 0.25) is 0 Å².